The standard InChI is InChI=1S/C18H18FN3O2/c1-12-6-7-14(23-12)11-22-9-8-13(10-22)17-20-21-18(24-17)15-4-2-3-5-16(15)19/h2-7,13H,8-11H2,1H3/t13-/m0/s1. The third-order valence-electron chi connectivity index (χ3n) is 4.34. The van der Waals surface area contributed by atoms with Gasteiger partial charge >= 0.3 is 0 Å². The Morgan fingerprint density at radius 3 is 2.83 bits per heavy atom. The van der Waals surface area contributed by atoms with Crippen LogP contribution in [0.25, 0.3) is 11.5 Å². The minimum atomic E-state index is -0.353. The van der Waals surface area contributed by atoms with Crippen molar-refractivity contribution >= 4 is 0 Å². The molecule has 5 nitrogen and oxygen atoms in total. The van der Waals surface area contributed by atoms with Crippen LogP contribution in [0.5, 0.6) is 0 Å². The highest BCUT2D eigenvalue weighted by Crippen LogP contribution is 2.30. The van der Waals surface area contributed by atoms with Crippen LogP contribution in [-0.2, 0) is 6.54 Å². The first-order valence-corrected chi connectivity index (χ1v) is 8.05. The van der Waals surface area contributed by atoms with Gasteiger partial charge in [0.05, 0.1) is 18.0 Å². The molecule has 1 fully saturated rings. The molecule has 1 aliphatic heterocycles. The number of hydrogen-bond acceptors (Lipinski definition) is 5. The highest BCUT2D eigenvalue weighted by atomic mass is 19.1. The molecule has 0 spiro atoms. The predicted octanol–water partition coefficient (Wildman–Crippen LogP) is 3.77. The number of hydrogen-bond donors (Lipinski definition) is 0. The zero-order valence-corrected chi connectivity index (χ0v) is 13.4. The van der Waals surface area contributed by atoms with Crippen molar-refractivity contribution in [3.63, 3.8) is 0 Å². The zero-order chi connectivity index (χ0) is 16.5. The lowest BCUT2D eigenvalue weighted by molar-refractivity contribution is 0.287. The van der Waals surface area contributed by atoms with Gasteiger partial charge in [-0.3, -0.25) is 4.90 Å². The molecule has 3 aromatic rings. The summed E-state index contributed by atoms with van der Waals surface area (Å²) in [6.45, 7) is 4.50. The van der Waals surface area contributed by atoms with Crippen molar-refractivity contribution in [1.29, 1.82) is 0 Å². The summed E-state index contributed by atoms with van der Waals surface area (Å²) in [6.07, 6.45) is 0.943. The van der Waals surface area contributed by atoms with Gasteiger partial charge in [0, 0.05) is 6.54 Å². The molecule has 4 rings (SSSR count). The van der Waals surface area contributed by atoms with Crippen LogP contribution in [-0.4, -0.2) is 28.2 Å². The number of halogens is 1. The molecule has 0 amide bonds. The van der Waals surface area contributed by atoms with Crippen LogP contribution in [0, 0.1) is 12.7 Å². The number of benzene rings is 1. The molecule has 0 radical (unpaired) electrons. The molecule has 1 aromatic carbocycles. The van der Waals surface area contributed by atoms with Crippen LogP contribution in [0.15, 0.2) is 45.2 Å². The second-order valence-corrected chi connectivity index (χ2v) is 6.16. The maximum atomic E-state index is 13.8. The summed E-state index contributed by atoms with van der Waals surface area (Å²) in [6, 6.07) is 10.4. The predicted molar refractivity (Wildman–Crippen MR) is 85.8 cm³/mol. The molecule has 1 aliphatic rings. The fourth-order valence-corrected chi connectivity index (χ4v) is 3.11. The van der Waals surface area contributed by atoms with E-state index in [0.717, 1.165) is 37.6 Å². The van der Waals surface area contributed by atoms with Crippen molar-refractivity contribution in [3.05, 3.63) is 59.6 Å². The van der Waals surface area contributed by atoms with E-state index < -0.39 is 0 Å². The fourth-order valence-electron chi connectivity index (χ4n) is 3.11. The van der Waals surface area contributed by atoms with Gasteiger partial charge in [-0.25, -0.2) is 4.39 Å². The van der Waals surface area contributed by atoms with Gasteiger partial charge in [-0.15, -0.1) is 10.2 Å². The Morgan fingerprint density at radius 1 is 1.17 bits per heavy atom. The second kappa shape index (κ2) is 6.20. The van der Waals surface area contributed by atoms with E-state index in [1.165, 1.54) is 6.07 Å². The van der Waals surface area contributed by atoms with E-state index in [9.17, 15) is 4.39 Å². The third kappa shape index (κ3) is 2.97. The Balaban J connectivity index is 1.45. The highest BCUT2D eigenvalue weighted by molar-refractivity contribution is 5.53. The summed E-state index contributed by atoms with van der Waals surface area (Å²) >= 11 is 0. The Morgan fingerprint density at radius 2 is 2.04 bits per heavy atom. The van der Waals surface area contributed by atoms with Crippen molar-refractivity contribution in [2.75, 3.05) is 13.1 Å². The van der Waals surface area contributed by atoms with E-state index in [1.807, 2.05) is 19.1 Å². The number of nitrogens with zero attached hydrogens (tertiary/aromatic N) is 3. The molecule has 124 valence electrons. The molecule has 0 bridgehead atoms. The maximum absolute atomic E-state index is 13.8. The molecule has 6 heteroatoms. The summed E-state index contributed by atoms with van der Waals surface area (Å²) in [5.41, 5.74) is 0.345. The Kier molecular flexibility index (Phi) is 3.90. The van der Waals surface area contributed by atoms with Crippen LogP contribution in [0.2, 0.25) is 0 Å². The molecule has 0 aliphatic carbocycles. The number of aryl methyl sites for hydroxylation is 1. The molecule has 0 saturated carbocycles. The van der Waals surface area contributed by atoms with Gasteiger partial charge in [0.2, 0.25) is 5.89 Å². The summed E-state index contributed by atoms with van der Waals surface area (Å²) in [5, 5.41) is 8.14. The van der Waals surface area contributed by atoms with Crippen molar-refractivity contribution in [2.45, 2.75) is 25.8 Å². The van der Waals surface area contributed by atoms with Crippen LogP contribution in [0.4, 0.5) is 4.39 Å². The topological polar surface area (TPSA) is 55.3 Å². The Labute approximate surface area is 139 Å². The molecular formula is C18H18FN3O2. The van der Waals surface area contributed by atoms with E-state index in [-0.39, 0.29) is 17.6 Å². The fraction of sp³-hybridized carbons (Fsp3) is 0.333. The van der Waals surface area contributed by atoms with Gasteiger partial charge in [0.25, 0.3) is 5.89 Å². The maximum Gasteiger partial charge on any atom is 0.250 e. The average molecular weight is 327 g/mol. The van der Waals surface area contributed by atoms with Gasteiger partial charge in [0.15, 0.2) is 0 Å². The highest BCUT2D eigenvalue weighted by Gasteiger charge is 2.29. The van der Waals surface area contributed by atoms with Gasteiger partial charge < -0.3 is 8.83 Å². The summed E-state index contributed by atoms with van der Waals surface area (Å²) in [4.78, 5) is 2.30. The number of likely N-dealkylation sites (tertiary alicyclic amines) is 1. The van der Waals surface area contributed by atoms with Crippen LogP contribution < -0.4 is 0 Å². The monoisotopic (exact) mass is 327 g/mol. The first-order valence-electron chi connectivity index (χ1n) is 8.05. The van der Waals surface area contributed by atoms with E-state index in [2.05, 4.69) is 15.1 Å². The molecule has 1 atom stereocenters. The number of rotatable bonds is 4. The van der Waals surface area contributed by atoms with Gasteiger partial charge in [-0.05, 0) is 44.2 Å². The van der Waals surface area contributed by atoms with Crippen LogP contribution in [0.3, 0.4) is 0 Å². The van der Waals surface area contributed by atoms with E-state index in [0.29, 0.717) is 11.5 Å². The molecule has 24 heavy (non-hydrogen) atoms. The van der Waals surface area contributed by atoms with E-state index in [4.69, 9.17) is 8.83 Å². The lowest BCUT2D eigenvalue weighted by atomic mass is 10.1. The summed E-state index contributed by atoms with van der Waals surface area (Å²) in [7, 11) is 0. The van der Waals surface area contributed by atoms with Crippen LogP contribution in [0.1, 0.15) is 29.7 Å². The van der Waals surface area contributed by atoms with Crippen LogP contribution >= 0.6 is 0 Å². The minimum Gasteiger partial charge on any atom is -0.465 e. The summed E-state index contributed by atoms with van der Waals surface area (Å²) < 4.78 is 25.2. The van der Waals surface area contributed by atoms with E-state index in [1.54, 1.807) is 18.2 Å². The zero-order valence-electron chi connectivity index (χ0n) is 13.4. The lowest BCUT2D eigenvalue weighted by Crippen LogP contribution is -2.19. The number of aromatic nitrogens is 2. The van der Waals surface area contributed by atoms with Gasteiger partial charge in [-0.2, -0.15) is 0 Å². The molecular weight excluding hydrogens is 309 g/mol. The number of furan rings is 1. The Hall–Kier alpha value is -2.47. The minimum absolute atomic E-state index is 0.175. The van der Waals surface area contributed by atoms with Crippen molar-refractivity contribution < 1.29 is 13.2 Å². The normalized spacial score (nSPS) is 18.3. The van der Waals surface area contributed by atoms with E-state index >= 15 is 0 Å². The third-order valence-corrected chi connectivity index (χ3v) is 4.34. The van der Waals surface area contributed by atoms with Crippen molar-refractivity contribution in [2.24, 2.45) is 0 Å². The lowest BCUT2D eigenvalue weighted by Gasteiger charge is -2.12. The largest absolute Gasteiger partial charge is 0.465 e. The molecule has 1 saturated heterocycles. The van der Waals surface area contributed by atoms with Gasteiger partial charge in [0.1, 0.15) is 17.3 Å². The quantitative estimate of drug-likeness (QED) is 0.730. The smallest absolute Gasteiger partial charge is 0.250 e. The Bertz CT molecular complexity index is 842. The SMILES string of the molecule is Cc1ccc(CN2CC[C@H](c3nnc(-c4ccccc4F)o3)C2)o1. The second-order valence-electron chi connectivity index (χ2n) is 6.16. The molecule has 2 aromatic heterocycles. The summed E-state index contributed by atoms with van der Waals surface area (Å²) in [5.74, 6) is 2.52. The molecule has 0 N–H and O–H groups in total. The average Bonchev–Trinajstić information content (AvgIpc) is 3.29. The molecule has 0 unspecified atom stereocenters. The van der Waals surface area contributed by atoms with Gasteiger partial charge in [-0.1, -0.05) is 12.1 Å². The van der Waals surface area contributed by atoms with Crippen molar-refractivity contribution in [3.8, 4) is 11.5 Å². The molecule has 3 heterocycles. The first kappa shape index (κ1) is 15.1. The van der Waals surface area contributed by atoms with Crippen molar-refractivity contribution in [1.82, 2.24) is 15.1 Å². The first-order chi connectivity index (χ1) is 11.7.